The largest absolute Gasteiger partial charge is 0.469 e. The SMILES string of the molecule is COC(=O)CC(C#N)=CC(C)C. The third kappa shape index (κ3) is 4.51. The van der Waals surface area contributed by atoms with Crippen molar-refractivity contribution in [3.8, 4) is 6.07 Å². The van der Waals surface area contributed by atoms with Crippen molar-refractivity contribution in [3.63, 3.8) is 0 Å². The van der Waals surface area contributed by atoms with Gasteiger partial charge >= 0.3 is 5.97 Å². The molecule has 0 heterocycles. The van der Waals surface area contributed by atoms with E-state index in [0.29, 0.717) is 5.57 Å². The van der Waals surface area contributed by atoms with E-state index in [2.05, 4.69) is 4.74 Å². The summed E-state index contributed by atoms with van der Waals surface area (Å²) in [6, 6.07) is 1.96. The second kappa shape index (κ2) is 5.36. The van der Waals surface area contributed by atoms with Gasteiger partial charge in [-0.1, -0.05) is 19.9 Å². The minimum Gasteiger partial charge on any atom is -0.469 e. The van der Waals surface area contributed by atoms with Gasteiger partial charge in [0.2, 0.25) is 0 Å². The van der Waals surface area contributed by atoms with E-state index in [-0.39, 0.29) is 18.3 Å². The molecule has 0 bridgehead atoms. The third-order valence-electron chi connectivity index (χ3n) is 1.24. The highest BCUT2D eigenvalue weighted by atomic mass is 16.5. The van der Waals surface area contributed by atoms with Gasteiger partial charge in [-0.25, -0.2) is 0 Å². The monoisotopic (exact) mass is 167 g/mol. The van der Waals surface area contributed by atoms with Crippen molar-refractivity contribution in [3.05, 3.63) is 11.6 Å². The fourth-order valence-electron chi connectivity index (χ4n) is 0.766. The summed E-state index contributed by atoms with van der Waals surface area (Å²) in [5.41, 5.74) is 0.469. The Labute approximate surface area is 72.6 Å². The molecule has 0 unspecified atom stereocenters. The molecule has 66 valence electrons. The van der Waals surface area contributed by atoms with Crippen molar-refractivity contribution in [2.24, 2.45) is 5.92 Å². The molecule has 0 saturated carbocycles. The second-order valence-corrected chi connectivity index (χ2v) is 2.80. The quantitative estimate of drug-likeness (QED) is 0.474. The second-order valence-electron chi connectivity index (χ2n) is 2.80. The number of allylic oxidation sites excluding steroid dienone is 1. The Hall–Kier alpha value is -1.30. The van der Waals surface area contributed by atoms with Crippen LogP contribution in [0.5, 0.6) is 0 Å². The van der Waals surface area contributed by atoms with Crippen LogP contribution in [-0.2, 0) is 9.53 Å². The van der Waals surface area contributed by atoms with Crippen LogP contribution in [0.1, 0.15) is 20.3 Å². The van der Waals surface area contributed by atoms with Crippen LogP contribution in [0.25, 0.3) is 0 Å². The minimum atomic E-state index is -0.372. The third-order valence-corrected chi connectivity index (χ3v) is 1.24. The summed E-state index contributed by atoms with van der Waals surface area (Å²) in [7, 11) is 1.31. The van der Waals surface area contributed by atoms with Crippen molar-refractivity contribution >= 4 is 5.97 Å². The van der Waals surface area contributed by atoms with Gasteiger partial charge in [0.05, 0.1) is 19.6 Å². The Kier molecular flexibility index (Phi) is 4.78. The molecule has 0 aromatic heterocycles. The lowest BCUT2D eigenvalue weighted by atomic mass is 10.1. The fraction of sp³-hybridized carbons (Fsp3) is 0.556. The van der Waals surface area contributed by atoms with Gasteiger partial charge in [0.25, 0.3) is 0 Å². The Bertz CT molecular complexity index is 223. The Morgan fingerprint density at radius 2 is 2.25 bits per heavy atom. The zero-order chi connectivity index (χ0) is 9.56. The molecule has 0 spiro atoms. The number of methoxy groups -OCH3 is 1. The first-order chi connectivity index (χ1) is 5.60. The lowest BCUT2D eigenvalue weighted by Gasteiger charge is -1.99. The zero-order valence-corrected chi connectivity index (χ0v) is 7.63. The van der Waals surface area contributed by atoms with Gasteiger partial charge in [-0.15, -0.1) is 0 Å². The average molecular weight is 167 g/mol. The molecule has 0 amide bonds. The van der Waals surface area contributed by atoms with E-state index in [1.165, 1.54) is 7.11 Å². The van der Waals surface area contributed by atoms with Crippen molar-refractivity contribution in [1.29, 1.82) is 5.26 Å². The van der Waals surface area contributed by atoms with Gasteiger partial charge in [0.1, 0.15) is 0 Å². The topological polar surface area (TPSA) is 50.1 Å². The standard InChI is InChI=1S/C9H13NO2/c1-7(2)4-8(6-10)5-9(11)12-3/h4,7H,5H2,1-3H3. The summed E-state index contributed by atoms with van der Waals surface area (Å²) in [4.78, 5) is 10.7. The summed E-state index contributed by atoms with van der Waals surface area (Å²) in [6.07, 6.45) is 1.84. The first kappa shape index (κ1) is 10.7. The number of esters is 1. The minimum absolute atomic E-state index is 0.0746. The number of nitriles is 1. The van der Waals surface area contributed by atoms with Gasteiger partial charge < -0.3 is 4.74 Å². The van der Waals surface area contributed by atoms with Crippen molar-refractivity contribution in [2.75, 3.05) is 7.11 Å². The number of nitrogens with zero attached hydrogens (tertiary/aromatic N) is 1. The van der Waals surface area contributed by atoms with E-state index in [1.807, 2.05) is 19.9 Å². The van der Waals surface area contributed by atoms with E-state index in [0.717, 1.165) is 0 Å². The maximum Gasteiger partial charge on any atom is 0.310 e. The van der Waals surface area contributed by atoms with E-state index in [9.17, 15) is 4.79 Å². The summed E-state index contributed by atoms with van der Waals surface area (Å²) in [6.45, 7) is 3.91. The molecule has 12 heavy (non-hydrogen) atoms. The predicted octanol–water partition coefficient (Wildman–Crippen LogP) is 1.66. The van der Waals surface area contributed by atoms with Crippen molar-refractivity contribution in [2.45, 2.75) is 20.3 Å². The molecule has 0 aromatic rings. The Morgan fingerprint density at radius 3 is 2.58 bits per heavy atom. The molecular weight excluding hydrogens is 154 g/mol. The van der Waals surface area contributed by atoms with Crippen LogP contribution in [0, 0.1) is 17.2 Å². The first-order valence-corrected chi connectivity index (χ1v) is 3.77. The summed E-state index contributed by atoms with van der Waals surface area (Å²) >= 11 is 0. The Morgan fingerprint density at radius 1 is 1.67 bits per heavy atom. The highest BCUT2D eigenvalue weighted by molar-refractivity contribution is 5.73. The lowest BCUT2D eigenvalue weighted by Crippen LogP contribution is -2.01. The van der Waals surface area contributed by atoms with Gasteiger partial charge in [-0.05, 0) is 5.92 Å². The molecule has 3 nitrogen and oxygen atoms in total. The van der Waals surface area contributed by atoms with Gasteiger partial charge in [-0.3, -0.25) is 4.79 Å². The maximum absolute atomic E-state index is 10.7. The molecule has 0 radical (unpaired) electrons. The number of rotatable bonds is 3. The van der Waals surface area contributed by atoms with E-state index >= 15 is 0 Å². The predicted molar refractivity (Wildman–Crippen MR) is 45.2 cm³/mol. The van der Waals surface area contributed by atoms with Crippen LogP contribution in [0.15, 0.2) is 11.6 Å². The number of hydrogen-bond donors (Lipinski definition) is 0. The van der Waals surface area contributed by atoms with Crippen LogP contribution in [0.2, 0.25) is 0 Å². The van der Waals surface area contributed by atoms with E-state index in [1.54, 1.807) is 6.08 Å². The molecule has 0 aliphatic carbocycles. The molecule has 0 aliphatic rings. The highest BCUT2D eigenvalue weighted by Gasteiger charge is 2.05. The van der Waals surface area contributed by atoms with Crippen molar-refractivity contribution in [1.82, 2.24) is 0 Å². The average Bonchev–Trinajstić information content (AvgIpc) is 2.02. The van der Waals surface area contributed by atoms with Crippen LogP contribution in [0.3, 0.4) is 0 Å². The van der Waals surface area contributed by atoms with Crippen LogP contribution in [-0.4, -0.2) is 13.1 Å². The molecular formula is C9H13NO2. The fourth-order valence-corrected chi connectivity index (χ4v) is 0.766. The molecule has 0 aliphatic heterocycles. The maximum atomic E-state index is 10.7. The number of carbonyl (C=O) groups excluding carboxylic acids is 1. The van der Waals surface area contributed by atoms with Crippen molar-refractivity contribution < 1.29 is 9.53 Å². The molecule has 0 aromatic carbocycles. The molecule has 0 saturated heterocycles. The summed E-state index contributed by atoms with van der Waals surface area (Å²) < 4.78 is 4.43. The molecule has 0 rings (SSSR count). The smallest absolute Gasteiger partial charge is 0.310 e. The van der Waals surface area contributed by atoms with Crippen LogP contribution < -0.4 is 0 Å². The summed E-state index contributed by atoms with van der Waals surface area (Å²) in [5.74, 6) is -0.0900. The highest BCUT2D eigenvalue weighted by Crippen LogP contribution is 2.06. The number of ether oxygens (including phenoxy) is 1. The number of hydrogen-bond acceptors (Lipinski definition) is 3. The Balaban J connectivity index is 4.21. The summed E-state index contributed by atoms with van der Waals surface area (Å²) in [5, 5.41) is 8.59. The molecule has 0 N–H and O–H groups in total. The normalized spacial score (nSPS) is 11.1. The van der Waals surface area contributed by atoms with Crippen LogP contribution in [0.4, 0.5) is 0 Å². The number of carbonyl (C=O) groups is 1. The zero-order valence-electron chi connectivity index (χ0n) is 7.63. The van der Waals surface area contributed by atoms with Gasteiger partial charge in [0, 0.05) is 5.57 Å². The molecule has 0 fully saturated rings. The first-order valence-electron chi connectivity index (χ1n) is 3.77. The molecule has 0 atom stereocenters. The van der Waals surface area contributed by atoms with Crippen LogP contribution >= 0.6 is 0 Å². The molecule has 3 heteroatoms. The van der Waals surface area contributed by atoms with Gasteiger partial charge in [0.15, 0.2) is 0 Å². The van der Waals surface area contributed by atoms with E-state index < -0.39 is 0 Å². The van der Waals surface area contributed by atoms with E-state index in [4.69, 9.17) is 5.26 Å². The van der Waals surface area contributed by atoms with Gasteiger partial charge in [-0.2, -0.15) is 5.26 Å². The lowest BCUT2D eigenvalue weighted by molar-refractivity contribution is -0.139.